The molecule has 0 bridgehead atoms. The van der Waals surface area contributed by atoms with Gasteiger partial charge in [-0.05, 0) is 0 Å². The fraction of sp³-hybridized carbons (Fsp3) is 0.800. The summed E-state index contributed by atoms with van der Waals surface area (Å²) in [6.07, 6.45) is 1.16. The Morgan fingerprint density at radius 1 is 1.10 bits per heavy atom. The summed E-state index contributed by atoms with van der Waals surface area (Å²) >= 11 is 8.14. The maximum atomic E-state index is 3.15. The van der Waals surface area contributed by atoms with Crippen molar-refractivity contribution >= 4 is 4.40 Å². The summed E-state index contributed by atoms with van der Waals surface area (Å²) in [5, 5.41) is 0. The topological polar surface area (TPSA) is 0 Å². The molecule has 0 aromatic carbocycles. The van der Waals surface area contributed by atoms with E-state index in [1.807, 2.05) is 0 Å². The molecule has 0 rings (SSSR count). The number of rotatable bonds is 2. The van der Waals surface area contributed by atoms with Crippen LogP contribution in [-0.2, 0) is 84.2 Å². The average molecular weight is 988 g/mol. The van der Waals surface area contributed by atoms with Crippen LogP contribution in [0.1, 0.15) is 20.3 Å². The molecule has 0 N–H and O–H groups in total. The maximum absolute atomic E-state index is 3.15. The van der Waals surface area contributed by atoms with E-state index < -0.39 is 0 Å². The summed E-state index contributed by atoms with van der Waals surface area (Å²) < 4.78 is 3.15. The van der Waals surface area contributed by atoms with Crippen molar-refractivity contribution in [2.75, 3.05) is 0 Å². The molecule has 60 valence electrons. The SMILES string of the molecule is CC(C)C[C-]=[W].[W]=[W].[W]=[W]. The molecule has 0 aliphatic carbocycles. The van der Waals surface area contributed by atoms with Crippen LogP contribution in [-0.4, -0.2) is 4.40 Å². The molecule has 0 fully saturated rings. The van der Waals surface area contributed by atoms with E-state index in [1.165, 1.54) is 19.4 Å². The zero-order chi connectivity index (χ0) is 8.99. The Morgan fingerprint density at radius 2 is 1.40 bits per heavy atom. The van der Waals surface area contributed by atoms with Crippen molar-refractivity contribution in [1.82, 2.24) is 0 Å². The van der Waals surface area contributed by atoms with Crippen molar-refractivity contribution in [2.45, 2.75) is 20.3 Å². The van der Waals surface area contributed by atoms with Crippen molar-refractivity contribution < 1.29 is 84.2 Å². The van der Waals surface area contributed by atoms with Crippen LogP contribution < -0.4 is 0 Å². The van der Waals surface area contributed by atoms with E-state index in [2.05, 4.69) is 18.2 Å². The monoisotopic (exact) mass is 989 g/mol. The number of hydrogen-bond acceptors (Lipinski definition) is 0. The summed E-state index contributed by atoms with van der Waals surface area (Å²) in [7, 11) is 0. The standard InChI is InChI=1S/C5H9.5W/c1-4-5(2)3;;;;;/h5H,4H2,2-3H3;;;;;/q-1;;;;;. The first-order valence-electron chi connectivity index (χ1n) is 2.45. The molecule has 0 nitrogen and oxygen atoms in total. The second kappa shape index (κ2) is 22.8. The summed E-state index contributed by atoms with van der Waals surface area (Å²) in [5.74, 6) is 0.808. The third-order valence-electron chi connectivity index (χ3n) is 0.492. The summed E-state index contributed by atoms with van der Waals surface area (Å²) in [5.41, 5.74) is 0. The van der Waals surface area contributed by atoms with E-state index >= 15 is 0 Å². The molecular weight excluding hydrogens is 979 g/mol. The van der Waals surface area contributed by atoms with Crippen molar-refractivity contribution in [3.63, 3.8) is 0 Å². The van der Waals surface area contributed by atoms with Crippen molar-refractivity contribution in [2.24, 2.45) is 5.92 Å². The van der Waals surface area contributed by atoms with Gasteiger partial charge in [-0.3, -0.25) is 0 Å². The van der Waals surface area contributed by atoms with E-state index in [0.717, 1.165) is 12.3 Å². The van der Waals surface area contributed by atoms with Crippen LogP contribution in [0.3, 0.4) is 0 Å². The van der Waals surface area contributed by atoms with Gasteiger partial charge in [0.15, 0.2) is 0 Å². The second-order valence-corrected chi connectivity index (χ2v) is 2.78. The van der Waals surface area contributed by atoms with E-state index in [-0.39, 0.29) is 0 Å². The predicted octanol–water partition coefficient (Wildman–Crippen LogP) is 1.25. The van der Waals surface area contributed by atoms with Crippen LogP contribution in [0.2, 0.25) is 0 Å². The normalized spacial score (nSPS) is 6.30. The van der Waals surface area contributed by atoms with Gasteiger partial charge in [-0.1, -0.05) is 0 Å². The summed E-state index contributed by atoms with van der Waals surface area (Å²) in [6, 6.07) is 0. The Morgan fingerprint density at radius 3 is 1.40 bits per heavy atom. The molecule has 10 heavy (non-hydrogen) atoms. The third kappa shape index (κ3) is 30.2. The van der Waals surface area contributed by atoms with Crippen LogP contribution in [0.25, 0.3) is 0 Å². The van der Waals surface area contributed by atoms with Crippen LogP contribution in [0, 0.1) is 5.92 Å². The molecule has 0 aliphatic rings. The molecule has 0 radical (unpaired) electrons. The first kappa shape index (κ1) is 19.0. The summed E-state index contributed by atoms with van der Waals surface area (Å²) in [4.78, 5) is 0. The van der Waals surface area contributed by atoms with Gasteiger partial charge in [0.05, 0.1) is 0 Å². The zero-order valence-electron chi connectivity index (χ0n) is 5.83. The Hall–Kier alpha value is 3.31. The fourth-order valence-electron chi connectivity index (χ4n) is 0.167. The van der Waals surface area contributed by atoms with Gasteiger partial charge in [-0.25, -0.2) is 0 Å². The Bertz CT molecular complexity index is 61.1. The zero-order valence-corrected chi connectivity index (χ0v) is 20.5. The Balaban J connectivity index is -0.000000105. The second-order valence-electron chi connectivity index (χ2n) is 1.74. The molecule has 0 saturated heterocycles. The molecular formula is C5H9W5-. The third-order valence-corrected chi connectivity index (χ3v) is 1.09. The first-order valence-corrected chi connectivity index (χ1v) is 25.9. The Labute approximate surface area is 113 Å². The number of hydrogen-bond donors (Lipinski definition) is 0. The quantitative estimate of drug-likeness (QED) is 0.367. The summed E-state index contributed by atoms with van der Waals surface area (Å²) in [6.45, 7) is 4.41. The van der Waals surface area contributed by atoms with Gasteiger partial charge in [-0.15, -0.1) is 0 Å². The van der Waals surface area contributed by atoms with E-state index in [4.69, 9.17) is 0 Å². The molecule has 0 atom stereocenters. The van der Waals surface area contributed by atoms with Gasteiger partial charge in [0.2, 0.25) is 0 Å². The van der Waals surface area contributed by atoms with Gasteiger partial charge in [0.1, 0.15) is 0 Å². The molecule has 0 aromatic heterocycles. The van der Waals surface area contributed by atoms with Crippen molar-refractivity contribution in [1.29, 1.82) is 0 Å². The van der Waals surface area contributed by atoms with Gasteiger partial charge in [-0.2, -0.15) is 0 Å². The van der Waals surface area contributed by atoms with Crippen molar-refractivity contribution in [3.05, 3.63) is 0 Å². The minimum atomic E-state index is 0.808. The van der Waals surface area contributed by atoms with Crippen LogP contribution in [0.5, 0.6) is 0 Å². The first-order chi connectivity index (χ1) is 4.77. The van der Waals surface area contributed by atoms with Gasteiger partial charge >= 0.3 is 115 Å². The van der Waals surface area contributed by atoms with Crippen molar-refractivity contribution in [3.8, 4) is 0 Å². The molecule has 0 spiro atoms. The van der Waals surface area contributed by atoms with Crippen LogP contribution >= 0.6 is 0 Å². The minimum absolute atomic E-state index is 0.808. The van der Waals surface area contributed by atoms with Crippen LogP contribution in [0.15, 0.2) is 0 Å². The van der Waals surface area contributed by atoms with Gasteiger partial charge < -0.3 is 0 Å². The molecule has 5 heteroatoms. The molecule has 0 aromatic rings. The van der Waals surface area contributed by atoms with E-state index in [0.29, 0.717) is 0 Å². The van der Waals surface area contributed by atoms with E-state index in [1.54, 1.807) is 64.9 Å². The molecule has 0 aliphatic heterocycles. The molecule has 0 saturated carbocycles. The predicted molar refractivity (Wildman–Crippen MR) is 24.5 cm³/mol. The van der Waals surface area contributed by atoms with Gasteiger partial charge in [0.25, 0.3) is 0 Å². The Kier molecular flexibility index (Phi) is 43.3. The molecule has 0 unspecified atom stereocenters. The fourth-order valence-corrected chi connectivity index (χ4v) is 1.36. The molecule has 0 heterocycles. The van der Waals surface area contributed by atoms with E-state index in [9.17, 15) is 0 Å². The average Bonchev–Trinajstić information content (AvgIpc) is 1.96. The van der Waals surface area contributed by atoms with Crippen LogP contribution in [0.4, 0.5) is 0 Å². The van der Waals surface area contributed by atoms with Gasteiger partial charge in [0, 0.05) is 0 Å². The molecule has 0 amide bonds.